The smallest absolute Gasteiger partial charge is 0.421 e. The maximum atomic E-state index is 11.1. The van der Waals surface area contributed by atoms with E-state index in [-0.39, 0.29) is 6.04 Å². The first-order chi connectivity index (χ1) is 7.79. The molecule has 1 aromatic rings. The Bertz CT molecular complexity index is 354. The van der Waals surface area contributed by atoms with Gasteiger partial charge in [-0.25, -0.2) is 10.2 Å². The number of amides is 1. The van der Waals surface area contributed by atoms with E-state index in [1.54, 1.807) is 6.92 Å². The predicted molar refractivity (Wildman–Crippen MR) is 60.9 cm³/mol. The highest BCUT2D eigenvalue weighted by Crippen LogP contribution is 2.20. The second-order valence-electron chi connectivity index (χ2n) is 3.86. The molecule has 0 atom stereocenters. The van der Waals surface area contributed by atoms with Crippen LogP contribution in [0.3, 0.4) is 0 Å². The second kappa shape index (κ2) is 4.99. The Morgan fingerprint density at radius 2 is 2.00 bits per heavy atom. The fourth-order valence-corrected chi connectivity index (χ4v) is 1.99. The van der Waals surface area contributed by atoms with Crippen molar-refractivity contribution in [3.63, 3.8) is 0 Å². The summed E-state index contributed by atoms with van der Waals surface area (Å²) in [5.41, 5.74) is 8.24. The molecule has 4 heteroatoms. The highest BCUT2D eigenvalue weighted by molar-refractivity contribution is 5.66. The van der Waals surface area contributed by atoms with Gasteiger partial charge in [-0.15, -0.1) is 0 Å². The molecular formula is C12H16N2O2. The molecule has 0 aromatic heterocycles. The van der Waals surface area contributed by atoms with Crippen LogP contribution >= 0.6 is 0 Å². The minimum atomic E-state index is -0.418. The van der Waals surface area contributed by atoms with Gasteiger partial charge >= 0.3 is 6.09 Å². The molecule has 86 valence electrons. The van der Waals surface area contributed by atoms with Gasteiger partial charge in [-0.3, -0.25) is 5.43 Å². The molecule has 0 saturated carbocycles. The molecule has 1 amide bonds. The van der Waals surface area contributed by atoms with Crippen molar-refractivity contribution in [3.8, 4) is 0 Å². The van der Waals surface area contributed by atoms with Gasteiger partial charge in [0.25, 0.3) is 0 Å². The topological polar surface area (TPSA) is 50.4 Å². The Morgan fingerprint density at radius 3 is 2.56 bits per heavy atom. The molecule has 2 N–H and O–H groups in total. The second-order valence-corrected chi connectivity index (χ2v) is 3.86. The van der Waals surface area contributed by atoms with Crippen molar-refractivity contribution in [1.82, 2.24) is 10.9 Å². The molecule has 0 aliphatic heterocycles. The summed E-state index contributed by atoms with van der Waals surface area (Å²) < 4.78 is 4.77. The van der Waals surface area contributed by atoms with Gasteiger partial charge in [0.1, 0.15) is 0 Å². The van der Waals surface area contributed by atoms with E-state index in [0.717, 1.165) is 12.8 Å². The summed E-state index contributed by atoms with van der Waals surface area (Å²) in [6.45, 7) is 2.17. The molecule has 2 rings (SSSR count). The van der Waals surface area contributed by atoms with E-state index in [1.807, 2.05) is 12.1 Å². The fourth-order valence-electron chi connectivity index (χ4n) is 1.99. The zero-order valence-electron chi connectivity index (χ0n) is 9.32. The first-order valence-electron chi connectivity index (χ1n) is 5.54. The van der Waals surface area contributed by atoms with Crippen molar-refractivity contribution < 1.29 is 9.53 Å². The van der Waals surface area contributed by atoms with Crippen LogP contribution in [0, 0.1) is 0 Å². The summed E-state index contributed by atoms with van der Waals surface area (Å²) >= 11 is 0. The standard InChI is InChI=1S/C12H16N2O2/c1-2-16-12(15)14-13-11-7-9-5-3-4-6-10(9)8-11/h3-6,11,13H,2,7-8H2,1H3,(H,14,15). The number of fused-ring (bicyclic) bond motifs is 1. The lowest BCUT2D eigenvalue weighted by Gasteiger charge is -2.12. The predicted octanol–water partition coefficient (Wildman–Crippen LogP) is 1.40. The van der Waals surface area contributed by atoms with Crippen molar-refractivity contribution in [2.24, 2.45) is 0 Å². The van der Waals surface area contributed by atoms with Crippen LogP contribution in [0.25, 0.3) is 0 Å². The van der Waals surface area contributed by atoms with Gasteiger partial charge in [0, 0.05) is 6.04 Å². The van der Waals surface area contributed by atoms with Crippen LogP contribution in [0.15, 0.2) is 24.3 Å². The number of carbonyl (C=O) groups excluding carboxylic acids is 1. The largest absolute Gasteiger partial charge is 0.449 e. The molecule has 16 heavy (non-hydrogen) atoms. The third-order valence-electron chi connectivity index (χ3n) is 2.70. The van der Waals surface area contributed by atoms with Gasteiger partial charge in [-0.2, -0.15) is 0 Å². The Balaban J connectivity index is 1.81. The highest BCUT2D eigenvalue weighted by atomic mass is 16.5. The summed E-state index contributed by atoms with van der Waals surface area (Å²) in [7, 11) is 0. The Hall–Kier alpha value is -1.55. The lowest BCUT2D eigenvalue weighted by atomic mass is 10.1. The molecular weight excluding hydrogens is 204 g/mol. The lowest BCUT2D eigenvalue weighted by molar-refractivity contribution is 0.145. The molecule has 1 aromatic carbocycles. The summed E-state index contributed by atoms with van der Waals surface area (Å²) in [4.78, 5) is 11.1. The van der Waals surface area contributed by atoms with Gasteiger partial charge in [0.05, 0.1) is 6.61 Å². The van der Waals surface area contributed by atoms with Crippen LogP contribution < -0.4 is 10.9 Å². The number of hydrazine groups is 1. The minimum absolute atomic E-state index is 0.266. The number of benzene rings is 1. The van der Waals surface area contributed by atoms with E-state index in [4.69, 9.17) is 4.74 Å². The molecule has 0 spiro atoms. The molecule has 0 fully saturated rings. The monoisotopic (exact) mass is 220 g/mol. The molecule has 1 aliphatic carbocycles. The Morgan fingerprint density at radius 1 is 1.38 bits per heavy atom. The van der Waals surface area contributed by atoms with Crippen molar-refractivity contribution >= 4 is 6.09 Å². The molecule has 1 aliphatic rings. The van der Waals surface area contributed by atoms with E-state index < -0.39 is 6.09 Å². The van der Waals surface area contributed by atoms with Crippen LogP contribution in [0.2, 0.25) is 0 Å². The fraction of sp³-hybridized carbons (Fsp3) is 0.417. The normalized spacial score (nSPS) is 14.6. The third-order valence-corrected chi connectivity index (χ3v) is 2.70. The van der Waals surface area contributed by atoms with Gasteiger partial charge < -0.3 is 4.74 Å². The maximum Gasteiger partial charge on any atom is 0.421 e. The molecule has 0 saturated heterocycles. The van der Waals surface area contributed by atoms with Crippen molar-refractivity contribution in [3.05, 3.63) is 35.4 Å². The number of hydrogen-bond donors (Lipinski definition) is 2. The van der Waals surface area contributed by atoms with Crippen LogP contribution in [0.4, 0.5) is 4.79 Å². The summed E-state index contributed by atoms with van der Waals surface area (Å²) in [6, 6.07) is 8.60. The van der Waals surface area contributed by atoms with Gasteiger partial charge in [-0.1, -0.05) is 24.3 Å². The minimum Gasteiger partial charge on any atom is -0.449 e. The Labute approximate surface area is 95.0 Å². The average Bonchev–Trinajstić information content (AvgIpc) is 2.69. The number of carbonyl (C=O) groups is 1. The van der Waals surface area contributed by atoms with Crippen LogP contribution in [-0.4, -0.2) is 18.7 Å². The molecule has 0 bridgehead atoms. The zero-order valence-corrected chi connectivity index (χ0v) is 9.32. The van der Waals surface area contributed by atoms with Crippen LogP contribution in [0.5, 0.6) is 0 Å². The molecule has 4 nitrogen and oxygen atoms in total. The lowest BCUT2D eigenvalue weighted by Crippen LogP contribution is -2.45. The van der Waals surface area contributed by atoms with Crippen LogP contribution in [0.1, 0.15) is 18.1 Å². The van der Waals surface area contributed by atoms with E-state index >= 15 is 0 Å². The summed E-state index contributed by atoms with van der Waals surface area (Å²) in [5.74, 6) is 0. The Kier molecular flexibility index (Phi) is 3.41. The van der Waals surface area contributed by atoms with Crippen molar-refractivity contribution in [1.29, 1.82) is 0 Å². The first kappa shape index (κ1) is 11.0. The van der Waals surface area contributed by atoms with Crippen LogP contribution in [-0.2, 0) is 17.6 Å². The number of nitrogens with one attached hydrogen (secondary N) is 2. The van der Waals surface area contributed by atoms with Crippen molar-refractivity contribution in [2.45, 2.75) is 25.8 Å². The van der Waals surface area contributed by atoms with Crippen molar-refractivity contribution in [2.75, 3.05) is 6.61 Å². The average molecular weight is 220 g/mol. The summed E-state index contributed by atoms with van der Waals surface area (Å²) in [5, 5.41) is 0. The molecule has 0 unspecified atom stereocenters. The SMILES string of the molecule is CCOC(=O)NNC1Cc2ccccc2C1. The maximum absolute atomic E-state index is 11.1. The van der Waals surface area contributed by atoms with Gasteiger partial charge in [0.2, 0.25) is 0 Å². The van der Waals surface area contributed by atoms with E-state index in [0.29, 0.717) is 6.61 Å². The first-order valence-corrected chi connectivity index (χ1v) is 5.54. The molecule has 0 heterocycles. The van der Waals surface area contributed by atoms with E-state index in [9.17, 15) is 4.79 Å². The third kappa shape index (κ3) is 2.52. The van der Waals surface area contributed by atoms with Gasteiger partial charge in [-0.05, 0) is 30.9 Å². The number of rotatable bonds is 3. The molecule has 0 radical (unpaired) electrons. The summed E-state index contributed by atoms with van der Waals surface area (Å²) in [6.07, 6.45) is 1.48. The zero-order chi connectivity index (χ0) is 11.4. The number of hydrogen-bond acceptors (Lipinski definition) is 3. The highest BCUT2D eigenvalue weighted by Gasteiger charge is 2.20. The van der Waals surface area contributed by atoms with Gasteiger partial charge in [0.15, 0.2) is 0 Å². The van der Waals surface area contributed by atoms with E-state index in [2.05, 4.69) is 23.0 Å². The number of ether oxygens (including phenoxy) is 1. The van der Waals surface area contributed by atoms with E-state index in [1.165, 1.54) is 11.1 Å². The quantitative estimate of drug-likeness (QED) is 0.757.